The number of nitrogens with zero attached hydrogens (tertiary/aromatic N) is 1. The molecule has 2 fully saturated rings. The molecule has 0 aliphatic carbocycles. The fourth-order valence-corrected chi connectivity index (χ4v) is 3.22. The van der Waals surface area contributed by atoms with Crippen LogP contribution in [0.3, 0.4) is 0 Å². The molecule has 98 valence electrons. The van der Waals surface area contributed by atoms with Crippen LogP contribution in [0.1, 0.15) is 45.4 Å². The lowest BCUT2D eigenvalue weighted by Crippen LogP contribution is -2.55. The summed E-state index contributed by atoms with van der Waals surface area (Å²) in [5.41, 5.74) is -0.0423. The molecule has 2 aliphatic heterocycles. The third kappa shape index (κ3) is 2.80. The second-order valence-corrected chi connectivity index (χ2v) is 5.32. The summed E-state index contributed by atoms with van der Waals surface area (Å²) in [6, 6.07) is -0.335. The van der Waals surface area contributed by atoms with E-state index in [0.29, 0.717) is 6.42 Å². The number of hydrogen-bond acceptors (Lipinski definition) is 3. The Kier molecular flexibility index (Phi) is 4.05. The number of hydrogen-bond donors (Lipinski definition) is 1. The van der Waals surface area contributed by atoms with Gasteiger partial charge in [0.25, 0.3) is 0 Å². The summed E-state index contributed by atoms with van der Waals surface area (Å²) in [5, 5.41) is 9.23. The normalized spacial score (nSPS) is 32.5. The van der Waals surface area contributed by atoms with Gasteiger partial charge in [0.05, 0.1) is 5.60 Å². The van der Waals surface area contributed by atoms with Crippen LogP contribution < -0.4 is 0 Å². The van der Waals surface area contributed by atoms with Gasteiger partial charge in [0.2, 0.25) is 0 Å². The number of aliphatic carboxylic acids is 1. The summed E-state index contributed by atoms with van der Waals surface area (Å²) < 4.78 is 5.98. The molecule has 1 spiro atoms. The minimum atomic E-state index is -0.694. The minimum absolute atomic E-state index is 0.0423. The first-order valence-electron chi connectivity index (χ1n) is 6.78. The van der Waals surface area contributed by atoms with Crippen LogP contribution in [0.5, 0.6) is 0 Å². The molecular weight excluding hydrogens is 218 g/mol. The highest BCUT2D eigenvalue weighted by atomic mass is 16.5. The van der Waals surface area contributed by atoms with Crippen LogP contribution in [-0.2, 0) is 9.53 Å². The molecule has 0 unspecified atom stereocenters. The van der Waals surface area contributed by atoms with E-state index in [0.717, 1.165) is 45.4 Å². The Bertz CT molecular complexity index is 268. The van der Waals surface area contributed by atoms with Crippen LogP contribution in [0.2, 0.25) is 0 Å². The molecule has 17 heavy (non-hydrogen) atoms. The fraction of sp³-hybridized carbons (Fsp3) is 0.923. The molecule has 0 amide bonds. The SMILES string of the molecule is CC[C@H](C(=O)O)N1CCC[C@@]2(CCCCO2)C1. The molecule has 2 aliphatic rings. The molecule has 0 bridgehead atoms. The first-order chi connectivity index (χ1) is 8.17. The summed E-state index contributed by atoms with van der Waals surface area (Å²) in [6.45, 7) is 4.49. The average Bonchev–Trinajstić information content (AvgIpc) is 2.30. The summed E-state index contributed by atoms with van der Waals surface area (Å²) in [4.78, 5) is 13.3. The topological polar surface area (TPSA) is 49.8 Å². The van der Waals surface area contributed by atoms with E-state index in [1.54, 1.807) is 0 Å². The molecule has 4 heteroatoms. The largest absolute Gasteiger partial charge is 0.480 e. The molecule has 0 aromatic rings. The van der Waals surface area contributed by atoms with E-state index in [2.05, 4.69) is 4.90 Å². The standard InChI is InChI=1S/C13H23NO3/c1-2-11(12(15)16)14-8-5-7-13(10-14)6-3-4-9-17-13/h11H,2-10H2,1H3,(H,15,16)/t11-,13+/m1/s1. The third-order valence-electron chi connectivity index (χ3n) is 4.12. The van der Waals surface area contributed by atoms with Crippen molar-refractivity contribution >= 4 is 5.97 Å². The number of ether oxygens (including phenoxy) is 1. The van der Waals surface area contributed by atoms with Crippen LogP contribution in [0.15, 0.2) is 0 Å². The Morgan fingerprint density at radius 3 is 2.76 bits per heavy atom. The lowest BCUT2D eigenvalue weighted by molar-refractivity contribution is -0.152. The zero-order chi connectivity index (χ0) is 12.3. The third-order valence-corrected chi connectivity index (χ3v) is 4.12. The molecule has 2 rings (SSSR count). The zero-order valence-electron chi connectivity index (χ0n) is 10.7. The molecule has 2 heterocycles. The van der Waals surface area contributed by atoms with Gasteiger partial charge in [-0.15, -0.1) is 0 Å². The van der Waals surface area contributed by atoms with Gasteiger partial charge < -0.3 is 9.84 Å². The predicted octanol–water partition coefficient (Wildman–Crippen LogP) is 1.88. The van der Waals surface area contributed by atoms with Gasteiger partial charge in [-0.2, -0.15) is 0 Å². The van der Waals surface area contributed by atoms with Gasteiger partial charge in [-0.05, 0) is 45.1 Å². The van der Waals surface area contributed by atoms with Gasteiger partial charge in [0, 0.05) is 13.2 Å². The first-order valence-corrected chi connectivity index (χ1v) is 6.78. The fourth-order valence-electron chi connectivity index (χ4n) is 3.22. The van der Waals surface area contributed by atoms with Crippen LogP contribution in [0, 0.1) is 0 Å². The maximum Gasteiger partial charge on any atom is 0.320 e. The van der Waals surface area contributed by atoms with Crippen molar-refractivity contribution in [1.29, 1.82) is 0 Å². The van der Waals surface area contributed by atoms with Crippen molar-refractivity contribution in [2.24, 2.45) is 0 Å². The quantitative estimate of drug-likeness (QED) is 0.819. The maximum absolute atomic E-state index is 11.2. The molecule has 0 radical (unpaired) electrons. The van der Waals surface area contributed by atoms with Gasteiger partial charge in [0.1, 0.15) is 6.04 Å². The van der Waals surface area contributed by atoms with E-state index in [1.807, 2.05) is 6.92 Å². The summed E-state index contributed by atoms with van der Waals surface area (Å²) in [7, 11) is 0. The van der Waals surface area contributed by atoms with Crippen LogP contribution in [0.4, 0.5) is 0 Å². The average molecular weight is 241 g/mol. The summed E-state index contributed by atoms with van der Waals surface area (Å²) in [6.07, 6.45) is 6.30. The second-order valence-electron chi connectivity index (χ2n) is 5.32. The number of rotatable bonds is 3. The Morgan fingerprint density at radius 1 is 1.41 bits per heavy atom. The van der Waals surface area contributed by atoms with E-state index in [4.69, 9.17) is 4.74 Å². The maximum atomic E-state index is 11.2. The Balaban J connectivity index is 2.02. The molecule has 2 atom stereocenters. The van der Waals surface area contributed by atoms with Gasteiger partial charge in [-0.3, -0.25) is 9.69 Å². The molecular formula is C13H23NO3. The smallest absolute Gasteiger partial charge is 0.320 e. The summed E-state index contributed by atoms with van der Waals surface area (Å²) >= 11 is 0. The van der Waals surface area contributed by atoms with E-state index in [9.17, 15) is 9.90 Å². The molecule has 4 nitrogen and oxygen atoms in total. The van der Waals surface area contributed by atoms with Crippen molar-refractivity contribution in [2.45, 2.75) is 57.1 Å². The van der Waals surface area contributed by atoms with Crippen molar-refractivity contribution in [2.75, 3.05) is 19.7 Å². The molecule has 0 aromatic heterocycles. The van der Waals surface area contributed by atoms with Gasteiger partial charge in [-0.1, -0.05) is 6.92 Å². The van der Waals surface area contributed by atoms with Crippen molar-refractivity contribution in [3.8, 4) is 0 Å². The highest BCUT2D eigenvalue weighted by Gasteiger charge is 2.40. The van der Waals surface area contributed by atoms with E-state index < -0.39 is 5.97 Å². The van der Waals surface area contributed by atoms with E-state index in [1.165, 1.54) is 6.42 Å². The first kappa shape index (κ1) is 12.8. The van der Waals surface area contributed by atoms with Gasteiger partial charge >= 0.3 is 5.97 Å². The molecule has 0 aromatic carbocycles. The number of carboxylic acids is 1. The van der Waals surface area contributed by atoms with Gasteiger partial charge in [0.15, 0.2) is 0 Å². The number of carboxylic acid groups (broad SMARTS) is 1. The van der Waals surface area contributed by atoms with E-state index >= 15 is 0 Å². The Labute approximate surface area is 103 Å². The molecule has 1 N–H and O–H groups in total. The zero-order valence-corrected chi connectivity index (χ0v) is 10.7. The van der Waals surface area contributed by atoms with Crippen LogP contribution in [0.25, 0.3) is 0 Å². The Hall–Kier alpha value is -0.610. The predicted molar refractivity (Wildman–Crippen MR) is 65.1 cm³/mol. The lowest BCUT2D eigenvalue weighted by atomic mass is 9.85. The van der Waals surface area contributed by atoms with Crippen molar-refractivity contribution in [3.63, 3.8) is 0 Å². The summed E-state index contributed by atoms with van der Waals surface area (Å²) in [5.74, 6) is -0.694. The highest BCUT2D eigenvalue weighted by molar-refractivity contribution is 5.73. The van der Waals surface area contributed by atoms with Crippen LogP contribution in [-0.4, -0.2) is 47.3 Å². The molecule has 2 saturated heterocycles. The van der Waals surface area contributed by atoms with E-state index in [-0.39, 0.29) is 11.6 Å². The second kappa shape index (κ2) is 5.36. The minimum Gasteiger partial charge on any atom is -0.480 e. The Morgan fingerprint density at radius 2 is 2.18 bits per heavy atom. The monoisotopic (exact) mass is 241 g/mol. The van der Waals surface area contributed by atoms with Crippen molar-refractivity contribution < 1.29 is 14.6 Å². The number of carbonyl (C=O) groups is 1. The van der Waals surface area contributed by atoms with Gasteiger partial charge in [-0.25, -0.2) is 0 Å². The molecule has 0 saturated carbocycles. The van der Waals surface area contributed by atoms with Crippen molar-refractivity contribution in [1.82, 2.24) is 4.90 Å². The van der Waals surface area contributed by atoms with Crippen LogP contribution >= 0.6 is 0 Å². The van der Waals surface area contributed by atoms with Crippen molar-refractivity contribution in [3.05, 3.63) is 0 Å². The lowest BCUT2D eigenvalue weighted by Gasteiger charge is -2.46. The number of likely N-dealkylation sites (tertiary alicyclic amines) is 1. The highest BCUT2D eigenvalue weighted by Crippen LogP contribution is 2.34. The number of piperidine rings is 1.